The van der Waals surface area contributed by atoms with E-state index in [1.54, 1.807) is 22.8 Å². The van der Waals surface area contributed by atoms with Gasteiger partial charge >= 0.3 is 0 Å². The Bertz CT molecular complexity index is 550. The molecule has 1 aromatic heterocycles. The number of carbonyl (C=O) groups excluding carboxylic acids is 1. The third-order valence-corrected chi connectivity index (χ3v) is 5.22. The highest BCUT2D eigenvalue weighted by molar-refractivity contribution is 5.95. The lowest BCUT2D eigenvalue weighted by Crippen LogP contribution is -2.48. The highest BCUT2D eigenvalue weighted by Gasteiger charge is 2.42. The van der Waals surface area contributed by atoms with Crippen LogP contribution in [0.15, 0.2) is 6.20 Å². The maximum Gasteiger partial charge on any atom is 0.257 e. The van der Waals surface area contributed by atoms with Gasteiger partial charge in [-0.05, 0) is 45.7 Å². The van der Waals surface area contributed by atoms with Crippen LogP contribution < -0.4 is 0 Å². The summed E-state index contributed by atoms with van der Waals surface area (Å²) in [6, 6.07) is 0.107. The lowest BCUT2D eigenvalue weighted by atomic mass is 10.1. The first kappa shape index (κ1) is 15.5. The molecule has 6 heteroatoms. The third-order valence-electron chi connectivity index (χ3n) is 5.22. The molecule has 122 valence electrons. The molecule has 1 saturated carbocycles. The number of aryl methyl sites for hydroxylation is 2. The summed E-state index contributed by atoms with van der Waals surface area (Å²) in [7, 11) is 3.62. The summed E-state index contributed by atoms with van der Waals surface area (Å²) >= 11 is 0. The minimum Gasteiger partial charge on any atom is -0.389 e. The highest BCUT2D eigenvalue weighted by atomic mass is 16.3. The van der Waals surface area contributed by atoms with Crippen molar-refractivity contribution in [3.63, 3.8) is 0 Å². The second-order valence-electron chi connectivity index (χ2n) is 6.66. The van der Waals surface area contributed by atoms with Crippen LogP contribution >= 0.6 is 0 Å². The molecule has 1 amide bonds. The molecule has 0 unspecified atom stereocenters. The van der Waals surface area contributed by atoms with Crippen LogP contribution in [0.3, 0.4) is 0 Å². The Hall–Kier alpha value is -1.40. The molecule has 0 bridgehead atoms. The molecule has 6 nitrogen and oxygen atoms in total. The van der Waals surface area contributed by atoms with Gasteiger partial charge in [0.1, 0.15) is 0 Å². The highest BCUT2D eigenvalue weighted by Crippen LogP contribution is 2.31. The van der Waals surface area contributed by atoms with Crippen molar-refractivity contribution in [1.29, 1.82) is 0 Å². The molecule has 22 heavy (non-hydrogen) atoms. The zero-order chi connectivity index (χ0) is 15.9. The number of aliphatic hydroxyl groups is 1. The van der Waals surface area contributed by atoms with Gasteiger partial charge in [0, 0.05) is 26.3 Å². The first-order chi connectivity index (χ1) is 10.5. The summed E-state index contributed by atoms with van der Waals surface area (Å²) in [5, 5.41) is 14.9. The maximum atomic E-state index is 12.7. The van der Waals surface area contributed by atoms with Crippen LogP contribution in [0.4, 0.5) is 0 Å². The van der Waals surface area contributed by atoms with E-state index in [2.05, 4.69) is 10.00 Å². The number of aromatic nitrogens is 2. The normalized spacial score (nSPS) is 29.2. The topological polar surface area (TPSA) is 61.6 Å². The Kier molecular flexibility index (Phi) is 4.23. The summed E-state index contributed by atoms with van der Waals surface area (Å²) in [6.07, 6.45) is 5.58. The molecule has 1 aliphatic carbocycles. The average Bonchev–Trinajstić information content (AvgIpc) is 3.18. The van der Waals surface area contributed by atoms with Gasteiger partial charge in [0.15, 0.2) is 0 Å². The summed E-state index contributed by atoms with van der Waals surface area (Å²) in [6.45, 7) is 4.00. The van der Waals surface area contributed by atoms with Gasteiger partial charge in [-0.1, -0.05) is 0 Å². The number of hydrogen-bond acceptors (Lipinski definition) is 4. The van der Waals surface area contributed by atoms with Gasteiger partial charge in [-0.3, -0.25) is 14.4 Å². The summed E-state index contributed by atoms with van der Waals surface area (Å²) in [5.41, 5.74) is 1.37. The van der Waals surface area contributed by atoms with E-state index in [9.17, 15) is 9.90 Å². The van der Waals surface area contributed by atoms with Gasteiger partial charge in [-0.15, -0.1) is 0 Å². The molecule has 1 N–H and O–H groups in total. The van der Waals surface area contributed by atoms with Gasteiger partial charge in [-0.2, -0.15) is 5.10 Å². The number of aliphatic hydroxyl groups excluding tert-OH is 1. The number of rotatable bonds is 3. The first-order valence-corrected chi connectivity index (χ1v) is 8.18. The monoisotopic (exact) mass is 306 g/mol. The molecular formula is C16H26N4O2. The van der Waals surface area contributed by atoms with Crippen LogP contribution in [0, 0.1) is 6.92 Å². The molecule has 3 rings (SSSR count). The molecule has 3 atom stereocenters. The van der Waals surface area contributed by atoms with Crippen molar-refractivity contribution in [3.05, 3.63) is 17.5 Å². The van der Waals surface area contributed by atoms with Gasteiger partial charge in [-0.25, -0.2) is 0 Å². The van der Waals surface area contributed by atoms with E-state index >= 15 is 0 Å². The predicted molar refractivity (Wildman–Crippen MR) is 83.7 cm³/mol. The van der Waals surface area contributed by atoms with Crippen molar-refractivity contribution in [2.24, 2.45) is 7.05 Å². The Labute approximate surface area is 131 Å². The van der Waals surface area contributed by atoms with Crippen LogP contribution in [-0.2, 0) is 7.05 Å². The predicted octanol–water partition coefficient (Wildman–Crippen LogP) is 0.788. The lowest BCUT2D eigenvalue weighted by Gasteiger charge is -2.32. The number of likely N-dealkylation sites (tertiary alicyclic amines) is 1. The van der Waals surface area contributed by atoms with E-state index in [0.29, 0.717) is 5.56 Å². The van der Waals surface area contributed by atoms with Crippen molar-refractivity contribution in [2.45, 2.75) is 50.8 Å². The Morgan fingerprint density at radius 1 is 1.36 bits per heavy atom. The minimum atomic E-state index is -0.455. The van der Waals surface area contributed by atoms with Gasteiger partial charge in [0.05, 0.1) is 23.4 Å². The van der Waals surface area contributed by atoms with E-state index in [-0.39, 0.29) is 18.0 Å². The fraction of sp³-hybridized carbons (Fsp3) is 0.750. The molecule has 2 aliphatic rings. The SMILES string of the molecule is Cc1nn(C)cc1C(=O)N(C)[C@@H]1CC[C@@H](N2CCCC2)[C@@H]1O. The van der Waals surface area contributed by atoms with Gasteiger partial charge in [0.25, 0.3) is 5.91 Å². The Balaban J connectivity index is 1.71. The van der Waals surface area contributed by atoms with E-state index in [0.717, 1.165) is 31.6 Å². The largest absolute Gasteiger partial charge is 0.389 e. The van der Waals surface area contributed by atoms with Crippen LogP contribution in [-0.4, -0.2) is 68.9 Å². The van der Waals surface area contributed by atoms with E-state index < -0.39 is 6.10 Å². The quantitative estimate of drug-likeness (QED) is 0.897. The van der Waals surface area contributed by atoms with E-state index in [1.807, 2.05) is 14.0 Å². The van der Waals surface area contributed by atoms with Gasteiger partial charge < -0.3 is 10.0 Å². The summed E-state index contributed by atoms with van der Waals surface area (Å²) in [5.74, 6) is -0.0447. The maximum absolute atomic E-state index is 12.7. The molecule has 1 saturated heterocycles. The lowest BCUT2D eigenvalue weighted by molar-refractivity contribution is 0.0295. The van der Waals surface area contributed by atoms with E-state index in [4.69, 9.17) is 0 Å². The molecule has 2 fully saturated rings. The molecule has 0 radical (unpaired) electrons. The van der Waals surface area contributed by atoms with Crippen LogP contribution in [0.2, 0.25) is 0 Å². The van der Waals surface area contributed by atoms with Crippen molar-refractivity contribution >= 4 is 5.91 Å². The van der Waals surface area contributed by atoms with Crippen LogP contribution in [0.25, 0.3) is 0 Å². The van der Waals surface area contributed by atoms with Crippen molar-refractivity contribution < 1.29 is 9.90 Å². The second kappa shape index (κ2) is 6.01. The molecule has 1 aromatic rings. The van der Waals surface area contributed by atoms with Crippen molar-refractivity contribution in [1.82, 2.24) is 19.6 Å². The standard InChI is InChI=1S/C16H26N4O2/c1-11-12(10-18(2)17-11)16(22)19(3)13-6-7-14(15(13)21)20-8-4-5-9-20/h10,13-15,21H,4-9H2,1-3H3/t13-,14-,15-/m1/s1. The molecule has 0 aromatic carbocycles. The number of likely N-dealkylation sites (N-methyl/N-ethyl adjacent to an activating group) is 1. The number of amides is 1. The van der Waals surface area contributed by atoms with Crippen LogP contribution in [0.1, 0.15) is 41.7 Å². The fourth-order valence-corrected chi connectivity index (χ4v) is 3.98. The Morgan fingerprint density at radius 3 is 2.64 bits per heavy atom. The number of hydrogen-bond donors (Lipinski definition) is 1. The first-order valence-electron chi connectivity index (χ1n) is 8.18. The molecule has 1 aliphatic heterocycles. The summed E-state index contributed by atoms with van der Waals surface area (Å²) in [4.78, 5) is 16.8. The van der Waals surface area contributed by atoms with Crippen LogP contribution in [0.5, 0.6) is 0 Å². The third kappa shape index (κ3) is 2.65. The second-order valence-corrected chi connectivity index (χ2v) is 6.66. The summed E-state index contributed by atoms with van der Waals surface area (Å²) < 4.78 is 1.66. The fourth-order valence-electron chi connectivity index (χ4n) is 3.98. The molecular weight excluding hydrogens is 280 g/mol. The minimum absolute atomic E-state index is 0.0447. The Morgan fingerprint density at radius 2 is 2.05 bits per heavy atom. The van der Waals surface area contributed by atoms with Gasteiger partial charge in [0.2, 0.25) is 0 Å². The molecule has 0 spiro atoms. The van der Waals surface area contributed by atoms with Crippen molar-refractivity contribution in [2.75, 3.05) is 20.1 Å². The van der Waals surface area contributed by atoms with Crippen molar-refractivity contribution in [3.8, 4) is 0 Å². The molecule has 2 heterocycles. The smallest absolute Gasteiger partial charge is 0.257 e. The number of nitrogens with zero attached hydrogens (tertiary/aromatic N) is 4. The average molecular weight is 306 g/mol. The van der Waals surface area contributed by atoms with E-state index in [1.165, 1.54) is 12.8 Å². The number of carbonyl (C=O) groups is 1. The zero-order valence-corrected chi connectivity index (χ0v) is 13.7. The zero-order valence-electron chi connectivity index (χ0n) is 13.7.